The molecule has 5 rings (SSSR count). The van der Waals surface area contributed by atoms with Crippen LogP contribution in [0, 0.1) is 23.2 Å². The summed E-state index contributed by atoms with van der Waals surface area (Å²) in [5.41, 5.74) is 5.89. The van der Waals surface area contributed by atoms with Gasteiger partial charge in [-0.2, -0.15) is 0 Å². The van der Waals surface area contributed by atoms with Crippen LogP contribution in [0.1, 0.15) is 81.0 Å². The van der Waals surface area contributed by atoms with Crippen LogP contribution in [-0.2, 0) is 24.2 Å². The minimum atomic E-state index is 0.233. The topological polar surface area (TPSA) is 26.3 Å². The minimum absolute atomic E-state index is 0.233. The Bertz CT molecular complexity index is 962. The van der Waals surface area contributed by atoms with Crippen molar-refractivity contribution in [1.29, 1.82) is 0 Å². The Morgan fingerprint density at radius 3 is 2.65 bits per heavy atom. The first-order chi connectivity index (χ1) is 15.0. The van der Waals surface area contributed by atoms with Gasteiger partial charge in [0.15, 0.2) is 0 Å². The lowest BCUT2D eigenvalue weighted by Gasteiger charge is -2.50. The highest BCUT2D eigenvalue weighted by atomic mass is 16.5. The first kappa shape index (κ1) is 20.8. The lowest BCUT2D eigenvalue weighted by molar-refractivity contribution is -0.125. The van der Waals surface area contributed by atoms with E-state index >= 15 is 0 Å². The third kappa shape index (κ3) is 3.52. The largest absolute Gasteiger partial charge is 0.489 e. The molecule has 0 unspecified atom stereocenters. The van der Waals surface area contributed by atoms with Crippen LogP contribution in [0.2, 0.25) is 0 Å². The molecule has 0 amide bonds. The molecule has 5 atom stereocenters. The summed E-state index contributed by atoms with van der Waals surface area (Å²) < 4.78 is 6.30. The zero-order valence-corrected chi connectivity index (χ0v) is 19.3. The number of rotatable bonds is 5. The number of hydrogen-bond acceptors (Lipinski definition) is 2. The molecular weight excluding hydrogens is 380 g/mol. The molecule has 2 aromatic rings. The van der Waals surface area contributed by atoms with E-state index in [4.69, 9.17) is 4.74 Å². The summed E-state index contributed by atoms with van der Waals surface area (Å²) in [4.78, 5) is 12.3. The average molecular weight is 417 g/mol. The van der Waals surface area contributed by atoms with E-state index in [0.717, 1.165) is 30.9 Å². The predicted molar refractivity (Wildman–Crippen MR) is 125 cm³/mol. The van der Waals surface area contributed by atoms with Crippen molar-refractivity contribution in [3.05, 3.63) is 64.7 Å². The molecule has 0 bridgehead atoms. The smallest absolute Gasteiger partial charge is 0.133 e. The molecule has 2 saturated carbocycles. The van der Waals surface area contributed by atoms with Gasteiger partial charge in [0.05, 0.1) is 0 Å². The summed E-state index contributed by atoms with van der Waals surface area (Å²) >= 11 is 0. The van der Waals surface area contributed by atoms with Gasteiger partial charge in [-0.1, -0.05) is 50.2 Å². The molecule has 2 fully saturated rings. The van der Waals surface area contributed by atoms with Crippen LogP contribution in [0.4, 0.5) is 0 Å². The standard InChI is InChI=1S/C29H36O2/c1-4-21-16-25-22(17-28(21)31-18-20-8-6-5-7-9-20)10-11-24-23(25)14-15-29(3)26(19(2)30)12-13-27(24)29/h5-9,16-17,23-24,26-27H,4,10-15,18H2,1-3H3/t23-,24+,26+,27-,29+/m0/s1. The molecule has 0 aromatic heterocycles. The Balaban J connectivity index is 1.41. The summed E-state index contributed by atoms with van der Waals surface area (Å²) in [6, 6.07) is 15.3. The van der Waals surface area contributed by atoms with Crippen LogP contribution >= 0.6 is 0 Å². The van der Waals surface area contributed by atoms with Crippen LogP contribution in [0.5, 0.6) is 5.75 Å². The summed E-state index contributed by atoms with van der Waals surface area (Å²) in [5.74, 6) is 3.92. The number of carbonyl (C=O) groups is 1. The predicted octanol–water partition coefficient (Wildman–Crippen LogP) is 6.89. The number of hydrogen-bond donors (Lipinski definition) is 0. The van der Waals surface area contributed by atoms with Gasteiger partial charge in [0, 0.05) is 5.92 Å². The highest BCUT2D eigenvalue weighted by molar-refractivity contribution is 5.79. The minimum Gasteiger partial charge on any atom is -0.489 e. The van der Waals surface area contributed by atoms with Gasteiger partial charge in [0.25, 0.3) is 0 Å². The second-order valence-corrected chi connectivity index (χ2v) is 10.5. The van der Waals surface area contributed by atoms with Crippen molar-refractivity contribution in [3.63, 3.8) is 0 Å². The molecule has 2 heteroatoms. The third-order valence-electron chi connectivity index (χ3n) is 9.01. The van der Waals surface area contributed by atoms with E-state index in [9.17, 15) is 4.79 Å². The lowest BCUT2D eigenvalue weighted by atomic mass is 9.54. The van der Waals surface area contributed by atoms with Crippen molar-refractivity contribution in [2.45, 2.75) is 78.2 Å². The fraction of sp³-hybridized carbons (Fsp3) is 0.552. The fourth-order valence-corrected chi connectivity index (χ4v) is 7.46. The number of Topliss-reactive ketones (excluding diaryl/α,β-unsaturated/α-hetero) is 1. The van der Waals surface area contributed by atoms with Crippen molar-refractivity contribution in [1.82, 2.24) is 0 Å². The van der Waals surface area contributed by atoms with E-state index in [1.165, 1.54) is 42.4 Å². The normalized spacial score (nSPS) is 31.5. The van der Waals surface area contributed by atoms with Gasteiger partial charge >= 0.3 is 0 Å². The summed E-state index contributed by atoms with van der Waals surface area (Å²) in [6.07, 6.45) is 8.22. The quantitative estimate of drug-likeness (QED) is 0.530. The molecule has 0 saturated heterocycles. The highest BCUT2D eigenvalue weighted by Gasteiger charge is 2.55. The highest BCUT2D eigenvalue weighted by Crippen LogP contribution is 2.63. The Hall–Kier alpha value is -2.09. The van der Waals surface area contributed by atoms with Crippen LogP contribution in [0.3, 0.4) is 0 Å². The van der Waals surface area contributed by atoms with Crippen LogP contribution in [0.25, 0.3) is 0 Å². The monoisotopic (exact) mass is 416 g/mol. The molecule has 3 aliphatic carbocycles. The Labute approximate surface area is 187 Å². The van der Waals surface area contributed by atoms with Crippen molar-refractivity contribution >= 4 is 5.78 Å². The molecule has 2 nitrogen and oxygen atoms in total. The number of aryl methyl sites for hydroxylation is 2. The molecule has 0 N–H and O–H groups in total. The molecule has 2 aromatic carbocycles. The van der Waals surface area contributed by atoms with Crippen LogP contribution in [-0.4, -0.2) is 5.78 Å². The van der Waals surface area contributed by atoms with Crippen LogP contribution in [0.15, 0.2) is 42.5 Å². The molecule has 0 aliphatic heterocycles. The third-order valence-corrected chi connectivity index (χ3v) is 9.01. The van der Waals surface area contributed by atoms with E-state index in [1.807, 2.05) is 6.92 Å². The van der Waals surface area contributed by atoms with E-state index in [-0.39, 0.29) is 5.41 Å². The second kappa shape index (κ2) is 8.11. The molecule has 0 spiro atoms. The van der Waals surface area contributed by atoms with Gasteiger partial charge < -0.3 is 4.74 Å². The molecule has 164 valence electrons. The first-order valence-corrected chi connectivity index (χ1v) is 12.3. The van der Waals surface area contributed by atoms with Crippen molar-refractivity contribution in [2.24, 2.45) is 23.2 Å². The maximum Gasteiger partial charge on any atom is 0.133 e. The van der Waals surface area contributed by atoms with Gasteiger partial charge in [-0.15, -0.1) is 0 Å². The van der Waals surface area contributed by atoms with Gasteiger partial charge in [-0.3, -0.25) is 4.79 Å². The van der Waals surface area contributed by atoms with E-state index < -0.39 is 0 Å². The van der Waals surface area contributed by atoms with E-state index in [0.29, 0.717) is 30.1 Å². The van der Waals surface area contributed by atoms with Crippen molar-refractivity contribution < 1.29 is 9.53 Å². The Morgan fingerprint density at radius 2 is 1.90 bits per heavy atom. The zero-order chi connectivity index (χ0) is 21.6. The Morgan fingerprint density at radius 1 is 1.10 bits per heavy atom. The van der Waals surface area contributed by atoms with Crippen molar-refractivity contribution in [2.75, 3.05) is 0 Å². The molecule has 0 heterocycles. The summed E-state index contributed by atoms with van der Waals surface area (Å²) in [7, 11) is 0. The number of carbonyl (C=O) groups excluding carboxylic acids is 1. The zero-order valence-electron chi connectivity index (χ0n) is 19.3. The molecule has 3 aliphatic rings. The Kier molecular flexibility index (Phi) is 5.44. The van der Waals surface area contributed by atoms with Gasteiger partial charge in [0.2, 0.25) is 0 Å². The van der Waals surface area contributed by atoms with Gasteiger partial charge in [-0.05, 0) is 103 Å². The van der Waals surface area contributed by atoms with Crippen molar-refractivity contribution in [3.8, 4) is 5.75 Å². The lowest BCUT2D eigenvalue weighted by Crippen LogP contribution is -2.43. The SMILES string of the molecule is CCc1cc2c(cc1OCc1ccccc1)CC[C@@H]1[C@@H]2CC[C@]2(C)[C@@H](C(C)=O)CC[C@@H]12. The van der Waals surface area contributed by atoms with E-state index in [1.54, 1.807) is 5.56 Å². The van der Waals surface area contributed by atoms with Crippen LogP contribution < -0.4 is 4.74 Å². The number of fused-ring (bicyclic) bond motifs is 5. The maximum absolute atomic E-state index is 12.3. The summed E-state index contributed by atoms with van der Waals surface area (Å²) in [5, 5.41) is 0. The number of benzene rings is 2. The molecule has 0 radical (unpaired) electrons. The van der Waals surface area contributed by atoms with E-state index in [2.05, 4.69) is 56.3 Å². The fourth-order valence-electron chi connectivity index (χ4n) is 7.46. The van der Waals surface area contributed by atoms with Gasteiger partial charge in [0.1, 0.15) is 18.1 Å². The second-order valence-electron chi connectivity index (χ2n) is 10.5. The maximum atomic E-state index is 12.3. The molecule has 31 heavy (non-hydrogen) atoms. The van der Waals surface area contributed by atoms with Gasteiger partial charge in [-0.25, -0.2) is 0 Å². The number of ketones is 1. The number of ether oxygens (including phenoxy) is 1. The first-order valence-electron chi connectivity index (χ1n) is 12.3. The average Bonchev–Trinajstić information content (AvgIpc) is 3.15. The molecular formula is C29H36O2. The summed E-state index contributed by atoms with van der Waals surface area (Å²) in [6.45, 7) is 7.13.